The molecule has 0 aliphatic carbocycles. The zero-order chi connectivity index (χ0) is 8.10. The second-order valence-corrected chi connectivity index (χ2v) is 3.34. The van der Waals surface area contributed by atoms with Crippen molar-refractivity contribution in [1.29, 1.82) is 0 Å². The van der Waals surface area contributed by atoms with Gasteiger partial charge in [0.05, 0.1) is 6.54 Å². The second-order valence-electron chi connectivity index (χ2n) is 2.33. The van der Waals surface area contributed by atoms with Gasteiger partial charge in [-0.3, -0.25) is 0 Å². The lowest BCUT2D eigenvalue weighted by Gasteiger charge is -1.98. The van der Waals surface area contributed by atoms with Crippen LogP contribution in [0.25, 0.3) is 0 Å². The fourth-order valence-electron chi connectivity index (χ4n) is 0.833. The Morgan fingerprint density at radius 3 is 3.09 bits per heavy atom. The highest BCUT2D eigenvalue weighted by molar-refractivity contribution is 7.10. The van der Waals surface area contributed by atoms with Crippen molar-refractivity contribution < 1.29 is 0 Å². The molecule has 0 aromatic carbocycles. The Morgan fingerprint density at radius 1 is 1.73 bits per heavy atom. The number of rotatable bonds is 3. The van der Waals surface area contributed by atoms with Crippen molar-refractivity contribution >= 4 is 11.3 Å². The topological polar surface area (TPSA) is 12.0 Å². The molecular weight excluding hydrogens is 154 g/mol. The highest BCUT2D eigenvalue weighted by Crippen LogP contribution is 2.14. The molecule has 0 saturated heterocycles. The third-order valence-corrected chi connectivity index (χ3v) is 2.50. The Hall–Kier alpha value is -0.780. The molecule has 0 aliphatic rings. The first-order valence-corrected chi connectivity index (χ1v) is 4.39. The number of hydrogen-bond donors (Lipinski definition) is 1. The van der Waals surface area contributed by atoms with Crippen LogP contribution in [0, 0.1) is 19.3 Å². The van der Waals surface area contributed by atoms with Crippen molar-refractivity contribution in [3.63, 3.8) is 0 Å². The molecule has 0 saturated carbocycles. The lowest BCUT2D eigenvalue weighted by atomic mass is 10.3. The molecule has 0 fully saturated rings. The summed E-state index contributed by atoms with van der Waals surface area (Å²) < 4.78 is 0. The number of nitrogens with one attached hydrogen (secondary N) is 1. The Labute approximate surface area is 71.4 Å². The maximum Gasteiger partial charge on any atom is 0.0576 e. The molecule has 1 nitrogen and oxygen atoms in total. The van der Waals surface area contributed by atoms with E-state index in [2.05, 4.69) is 29.6 Å². The largest absolute Gasteiger partial charge is 0.301 e. The molecule has 0 bridgehead atoms. The van der Waals surface area contributed by atoms with Gasteiger partial charge in [0.25, 0.3) is 0 Å². The lowest BCUT2D eigenvalue weighted by molar-refractivity contribution is 0.778. The van der Waals surface area contributed by atoms with Gasteiger partial charge in [0.15, 0.2) is 0 Å². The Morgan fingerprint density at radius 2 is 2.55 bits per heavy atom. The molecule has 1 aromatic rings. The molecule has 0 aliphatic heterocycles. The predicted octanol–water partition coefficient (Wildman–Crippen LogP) is 1.78. The summed E-state index contributed by atoms with van der Waals surface area (Å²) in [5, 5.41) is 5.25. The highest BCUT2D eigenvalue weighted by Gasteiger charge is 1.96. The van der Waals surface area contributed by atoms with E-state index in [0.29, 0.717) is 6.54 Å². The van der Waals surface area contributed by atoms with Crippen LogP contribution in [-0.2, 0) is 6.54 Å². The van der Waals surface area contributed by atoms with E-state index in [4.69, 9.17) is 6.42 Å². The monoisotopic (exact) mass is 165 g/mol. The average molecular weight is 165 g/mol. The molecule has 0 spiro atoms. The zero-order valence-corrected chi connectivity index (χ0v) is 7.37. The van der Waals surface area contributed by atoms with Gasteiger partial charge in [0.1, 0.15) is 0 Å². The van der Waals surface area contributed by atoms with Gasteiger partial charge in [-0.25, -0.2) is 0 Å². The summed E-state index contributed by atoms with van der Waals surface area (Å²) in [6.45, 7) is 3.66. The van der Waals surface area contributed by atoms with Crippen LogP contribution in [0.4, 0.5) is 0 Å². The van der Waals surface area contributed by atoms with Crippen LogP contribution < -0.4 is 5.32 Å². The van der Waals surface area contributed by atoms with Crippen LogP contribution in [0.5, 0.6) is 0 Å². The highest BCUT2D eigenvalue weighted by atomic mass is 32.1. The van der Waals surface area contributed by atoms with Gasteiger partial charge in [-0.1, -0.05) is 5.92 Å². The smallest absolute Gasteiger partial charge is 0.0576 e. The third kappa shape index (κ3) is 2.38. The van der Waals surface area contributed by atoms with Gasteiger partial charge in [-0.05, 0) is 23.9 Å². The molecule has 0 atom stereocenters. The summed E-state index contributed by atoms with van der Waals surface area (Å²) in [7, 11) is 0. The van der Waals surface area contributed by atoms with E-state index in [1.165, 1.54) is 10.4 Å². The lowest BCUT2D eigenvalue weighted by Crippen LogP contribution is -2.12. The molecule has 1 heterocycles. The van der Waals surface area contributed by atoms with Gasteiger partial charge in [-0.15, -0.1) is 17.8 Å². The first-order valence-electron chi connectivity index (χ1n) is 3.51. The molecule has 0 radical (unpaired) electrons. The predicted molar refractivity (Wildman–Crippen MR) is 49.6 cm³/mol. The van der Waals surface area contributed by atoms with Crippen LogP contribution in [0.3, 0.4) is 0 Å². The fourth-order valence-corrected chi connectivity index (χ4v) is 1.71. The van der Waals surface area contributed by atoms with Crippen LogP contribution >= 0.6 is 11.3 Å². The van der Waals surface area contributed by atoms with E-state index in [1.807, 2.05) is 0 Å². The van der Waals surface area contributed by atoms with Gasteiger partial charge >= 0.3 is 0 Å². The molecule has 2 heteroatoms. The molecular formula is C9H11NS. The maximum absolute atomic E-state index is 5.10. The molecule has 0 unspecified atom stereocenters. The minimum absolute atomic E-state index is 0.650. The summed E-state index contributed by atoms with van der Waals surface area (Å²) in [6.07, 6.45) is 5.10. The summed E-state index contributed by atoms with van der Waals surface area (Å²) >= 11 is 1.77. The number of hydrogen-bond acceptors (Lipinski definition) is 2. The van der Waals surface area contributed by atoms with Crippen LogP contribution in [-0.4, -0.2) is 6.54 Å². The molecule has 1 aromatic heterocycles. The van der Waals surface area contributed by atoms with Crippen molar-refractivity contribution in [2.24, 2.45) is 0 Å². The van der Waals surface area contributed by atoms with Crippen LogP contribution in [0.1, 0.15) is 10.4 Å². The Bertz CT molecular complexity index is 257. The third-order valence-electron chi connectivity index (χ3n) is 1.48. The van der Waals surface area contributed by atoms with Crippen molar-refractivity contribution in [2.45, 2.75) is 13.5 Å². The van der Waals surface area contributed by atoms with Gasteiger partial charge in [0, 0.05) is 11.4 Å². The molecule has 1 rings (SSSR count). The van der Waals surface area contributed by atoms with Crippen LogP contribution in [0.15, 0.2) is 11.4 Å². The Kier molecular flexibility index (Phi) is 3.15. The van der Waals surface area contributed by atoms with E-state index < -0.39 is 0 Å². The SMILES string of the molecule is C#CCNCc1sccc1C. The minimum Gasteiger partial charge on any atom is -0.301 e. The van der Waals surface area contributed by atoms with E-state index in [-0.39, 0.29) is 0 Å². The molecule has 11 heavy (non-hydrogen) atoms. The number of terminal acetylenes is 1. The minimum atomic E-state index is 0.650. The van der Waals surface area contributed by atoms with Crippen molar-refractivity contribution in [3.05, 3.63) is 21.9 Å². The van der Waals surface area contributed by atoms with E-state index in [9.17, 15) is 0 Å². The first-order chi connectivity index (χ1) is 5.34. The quantitative estimate of drug-likeness (QED) is 0.532. The fraction of sp³-hybridized carbons (Fsp3) is 0.333. The Balaban J connectivity index is 2.40. The molecule has 1 N–H and O–H groups in total. The zero-order valence-electron chi connectivity index (χ0n) is 6.55. The van der Waals surface area contributed by atoms with Crippen molar-refractivity contribution in [1.82, 2.24) is 5.32 Å². The second kappa shape index (κ2) is 4.17. The summed E-state index contributed by atoms with van der Waals surface area (Å²) in [4.78, 5) is 1.38. The van der Waals surface area contributed by atoms with Gasteiger partial charge < -0.3 is 5.32 Å². The maximum atomic E-state index is 5.10. The normalized spacial score (nSPS) is 9.45. The molecule has 0 amide bonds. The summed E-state index contributed by atoms with van der Waals surface area (Å²) in [5.41, 5.74) is 1.35. The van der Waals surface area contributed by atoms with Gasteiger partial charge in [-0.2, -0.15) is 0 Å². The van der Waals surface area contributed by atoms with E-state index >= 15 is 0 Å². The van der Waals surface area contributed by atoms with E-state index in [0.717, 1.165) is 6.54 Å². The van der Waals surface area contributed by atoms with Crippen LogP contribution in [0.2, 0.25) is 0 Å². The first kappa shape index (κ1) is 8.32. The average Bonchev–Trinajstić information content (AvgIpc) is 2.37. The standard InChI is InChI=1S/C9H11NS/c1-3-5-10-7-9-8(2)4-6-11-9/h1,4,6,10H,5,7H2,2H3. The van der Waals surface area contributed by atoms with Gasteiger partial charge in [0.2, 0.25) is 0 Å². The summed E-state index contributed by atoms with van der Waals surface area (Å²) in [6, 6.07) is 2.12. The number of thiophene rings is 1. The van der Waals surface area contributed by atoms with E-state index in [1.54, 1.807) is 11.3 Å². The number of aryl methyl sites for hydroxylation is 1. The summed E-state index contributed by atoms with van der Waals surface area (Å²) in [5.74, 6) is 2.54. The molecule has 58 valence electrons. The van der Waals surface area contributed by atoms with Crippen molar-refractivity contribution in [2.75, 3.05) is 6.54 Å². The van der Waals surface area contributed by atoms with Crippen molar-refractivity contribution in [3.8, 4) is 12.3 Å².